The maximum Gasteiger partial charge on any atom is 0.293 e. The number of rotatable bonds is 13. The largest absolute Gasteiger partial charge is 0.504 e. The molecule has 0 spiro atoms. The lowest BCUT2D eigenvalue weighted by molar-refractivity contribution is -0.135. The number of carbonyl (C=O) groups excluding carboxylic acids is 1. The molecule has 0 aliphatic heterocycles. The highest BCUT2D eigenvalue weighted by atomic mass is 16.5. The Morgan fingerprint density at radius 1 is 1.00 bits per heavy atom. The highest BCUT2D eigenvalue weighted by molar-refractivity contribution is 5.47. The molecular weight excluding hydrogens is 352 g/mol. The fourth-order valence-corrected chi connectivity index (χ4v) is 3.85. The molecule has 1 aromatic rings. The first-order valence-electron chi connectivity index (χ1n) is 10.9. The van der Waals surface area contributed by atoms with E-state index in [-0.39, 0.29) is 17.1 Å². The van der Waals surface area contributed by atoms with E-state index in [9.17, 15) is 15.0 Å². The molecule has 2 rings (SSSR count). The van der Waals surface area contributed by atoms with Gasteiger partial charge >= 0.3 is 0 Å². The van der Waals surface area contributed by atoms with Gasteiger partial charge in [0.05, 0.1) is 0 Å². The van der Waals surface area contributed by atoms with Crippen LogP contribution in [0.2, 0.25) is 0 Å². The first-order valence-corrected chi connectivity index (χ1v) is 10.9. The number of aromatic hydroxyl groups is 2. The normalized spacial score (nSPS) is 15.4. The molecule has 158 valence electrons. The van der Waals surface area contributed by atoms with Gasteiger partial charge in [-0.25, -0.2) is 0 Å². The maximum atomic E-state index is 10.5. The molecule has 0 amide bonds. The van der Waals surface area contributed by atoms with Gasteiger partial charge < -0.3 is 14.9 Å². The van der Waals surface area contributed by atoms with Gasteiger partial charge in [0, 0.05) is 0 Å². The van der Waals surface area contributed by atoms with E-state index in [1.807, 2.05) is 6.07 Å². The lowest BCUT2D eigenvalue weighted by Crippen LogP contribution is -2.12. The number of unbranched alkanes of at least 4 members (excludes halogenated alkanes) is 4. The molecule has 0 aromatic heterocycles. The smallest absolute Gasteiger partial charge is 0.293 e. The predicted octanol–water partition coefficient (Wildman–Crippen LogP) is 6.06. The minimum atomic E-state index is -0.184. The molecule has 0 radical (unpaired) electrons. The zero-order valence-electron chi connectivity index (χ0n) is 17.9. The van der Waals surface area contributed by atoms with Crippen molar-refractivity contribution >= 4 is 6.47 Å². The monoisotopic (exact) mass is 390 g/mol. The third-order valence-electron chi connectivity index (χ3n) is 5.81. The molecule has 1 aliphatic carbocycles. The topological polar surface area (TPSA) is 66.8 Å². The summed E-state index contributed by atoms with van der Waals surface area (Å²) in [6, 6.07) is 3.72. The van der Waals surface area contributed by atoms with Gasteiger partial charge in [-0.15, -0.1) is 0 Å². The Hall–Kier alpha value is -1.71. The van der Waals surface area contributed by atoms with Crippen LogP contribution in [0.3, 0.4) is 0 Å². The second kappa shape index (κ2) is 10.2. The minimum absolute atomic E-state index is 0.0109. The van der Waals surface area contributed by atoms with Crippen LogP contribution in [0.5, 0.6) is 11.5 Å². The summed E-state index contributed by atoms with van der Waals surface area (Å²) in [4.78, 5) is 10.5. The van der Waals surface area contributed by atoms with Crippen molar-refractivity contribution in [3.63, 3.8) is 0 Å². The molecular formula is C24H38O4. The lowest BCUT2D eigenvalue weighted by Gasteiger charge is -2.17. The van der Waals surface area contributed by atoms with Crippen molar-refractivity contribution in [1.29, 1.82) is 0 Å². The van der Waals surface area contributed by atoms with Crippen LogP contribution in [0.25, 0.3) is 0 Å². The summed E-state index contributed by atoms with van der Waals surface area (Å²) < 4.78 is 5.18. The Bertz CT molecular complexity index is 626. The zero-order valence-corrected chi connectivity index (χ0v) is 17.9. The van der Waals surface area contributed by atoms with E-state index in [2.05, 4.69) is 20.8 Å². The highest BCUT2D eigenvalue weighted by Crippen LogP contribution is 2.43. The molecule has 4 nitrogen and oxygen atoms in total. The van der Waals surface area contributed by atoms with Crippen LogP contribution in [-0.4, -0.2) is 22.3 Å². The Morgan fingerprint density at radius 3 is 2.32 bits per heavy atom. The first-order chi connectivity index (χ1) is 13.2. The van der Waals surface area contributed by atoms with E-state index >= 15 is 0 Å². The van der Waals surface area contributed by atoms with Gasteiger partial charge in [-0.3, -0.25) is 4.79 Å². The molecule has 1 saturated carbocycles. The van der Waals surface area contributed by atoms with Gasteiger partial charge in [-0.05, 0) is 80.4 Å². The van der Waals surface area contributed by atoms with E-state index < -0.39 is 0 Å². The van der Waals surface area contributed by atoms with Crippen molar-refractivity contribution in [2.45, 2.75) is 103 Å². The third-order valence-corrected chi connectivity index (χ3v) is 5.81. The van der Waals surface area contributed by atoms with Crippen LogP contribution in [0.15, 0.2) is 12.1 Å². The average Bonchev–Trinajstić information content (AvgIpc) is 3.38. The van der Waals surface area contributed by atoms with Crippen LogP contribution in [0.4, 0.5) is 0 Å². The number of phenols is 2. The summed E-state index contributed by atoms with van der Waals surface area (Å²) >= 11 is 0. The lowest BCUT2D eigenvalue weighted by atomic mass is 9.89. The van der Waals surface area contributed by atoms with Gasteiger partial charge in [0.25, 0.3) is 6.47 Å². The molecule has 0 unspecified atom stereocenters. The number of carbonyl (C=O) groups is 1. The highest BCUT2D eigenvalue weighted by Gasteiger charge is 2.44. The van der Waals surface area contributed by atoms with Gasteiger partial charge in [-0.2, -0.15) is 0 Å². The minimum Gasteiger partial charge on any atom is -0.504 e. The predicted molar refractivity (Wildman–Crippen MR) is 113 cm³/mol. The molecule has 1 aliphatic rings. The van der Waals surface area contributed by atoms with Gasteiger partial charge in [0.15, 0.2) is 11.5 Å². The second-order valence-electron chi connectivity index (χ2n) is 9.70. The van der Waals surface area contributed by atoms with Crippen molar-refractivity contribution < 1.29 is 19.7 Å². The summed E-state index contributed by atoms with van der Waals surface area (Å²) in [5.74, 6) is 0.0259. The summed E-state index contributed by atoms with van der Waals surface area (Å²) in [5, 5.41) is 20.2. The number of aryl methyl sites for hydroxylation is 2. The summed E-state index contributed by atoms with van der Waals surface area (Å²) in [6.07, 6.45) is 12.4. The fourth-order valence-electron chi connectivity index (χ4n) is 3.85. The summed E-state index contributed by atoms with van der Waals surface area (Å²) in [6.45, 7) is 7.40. The zero-order chi connectivity index (χ0) is 20.6. The van der Waals surface area contributed by atoms with Crippen molar-refractivity contribution in [1.82, 2.24) is 0 Å². The van der Waals surface area contributed by atoms with Crippen molar-refractivity contribution in [3.8, 4) is 11.5 Å². The third kappa shape index (κ3) is 7.73. The Balaban J connectivity index is 1.74. The van der Waals surface area contributed by atoms with E-state index in [4.69, 9.17) is 4.74 Å². The molecule has 0 saturated heterocycles. The van der Waals surface area contributed by atoms with Gasteiger partial charge in [0.1, 0.15) is 5.60 Å². The summed E-state index contributed by atoms with van der Waals surface area (Å²) in [7, 11) is 0. The molecule has 2 N–H and O–H groups in total. The number of phenolic OH excluding ortho intramolecular Hbond substituents is 2. The molecule has 0 atom stereocenters. The SMILES string of the molecule is CC(C)(C)CCCCCCc1cc(CCCCC2(OC=O)CC2)cc(O)c1O. The van der Waals surface area contributed by atoms with Crippen molar-refractivity contribution in [2.75, 3.05) is 0 Å². The molecule has 0 bridgehead atoms. The maximum absolute atomic E-state index is 10.5. The number of benzene rings is 1. The van der Waals surface area contributed by atoms with E-state index in [1.54, 1.807) is 6.07 Å². The van der Waals surface area contributed by atoms with Crippen LogP contribution < -0.4 is 0 Å². The Kier molecular flexibility index (Phi) is 8.21. The fraction of sp³-hybridized carbons (Fsp3) is 0.708. The van der Waals surface area contributed by atoms with E-state index in [1.165, 1.54) is 19.3 Å². The van der Waals surface area contributed by atoms with Crippen LogP contribution in [0.1, 0.15) is 96.1 Å². The molecule has 1 aromatic carbocycles. The second-order valence-corrected chi connectivity index (χ2v) is 9.70. The van der Waals surface area contributed by atoms with E-state index in [0.717, 1.165) is 68.9 Å². The van der Waals surface area contributed by atoms with Crippen molar-refractivity contribution in [3.05, 3.63) is 23.3 Å². The van der Waals surface area contributed by atoms with Crippen LogP contribution in [0, 0.1) is 5.41 Å². The Morgan fingerprint density at radius 2 is 1.68 bits per heavy atom. The molecule has 1 fully saturated rings. The van der Waals surface area contributed by atoms with Crippen LogP contribution in [-0.2, 0) is 22.4 Å². The standard InChI is InChI=1S/C24H38O4/c1-23(2,3)12-8-5-4-6-11-20-16-19(17-21(26)22(20)27)10-7-9-13-24(14-15-24)28-18-25/h16-18,26-27H,4-15H2,1-3H3. The van der Waals surface area contributed by atoms with Crippen molar-refractivity contribution in [2.24, 2.45) is 5.41 Å². The first kappa shape index (κ1) is 22.6. The molecule has 0 heterocycles. The molecule has 28 heavy (non-hydrogen) atoms. The van der Waals surface area contributed by atoms with Crippen LogP contribution >= 0.6 is 0 Å². The number of hydrogen-bond acceptors (Lipinski definition) is 4. The van der Waals surface area contributed by atoms with Gasteiger partial charge in [-0.1, -0.05) is 46.1 Å². The average molecular weight is 391 g/mol. The molecule has 4 heteroatoms. The van der Waals surface area contributed by atoms with E-state index in [0.29, 0.717) is 11.9 Å². The number of ether oxygens (including phenoxy) is 1. The van der Waals surface area contributed by atoms with Gasteiger partial charge in [0.2, 0.25) is 0 Å². The Labute approximate surface area is 170 Å². The number of hydrogen-bond donors (Lipinski definition) is 2. The summed E-state index contributed by atoms with van der Waals surface area (Å²) in [5.41, 5.74) is 2.14. The quantitative estimate of drug-likeness (QED) is 0.244.